The van der Waals surface area contributed by atoms with Gasteiger partial charge in [0.1, 0.15) is 17.5 Å². The molecule has 2 aromatic carbocycles. The molecule has 1 atom stereocenters. The molecule has 0 saturated carbocycles. The summed E-state index contributed by atoms with van der Waals surface area (Å²) >= 11 is 0. The van der Waals surface area contributed by atoms with Gasteiger partial charge >= 0.3 is 17.9 Å². The summed E-state index contributed by atoms with van der Waals surface area (Å²) in [5.74, 6) is -1.39. The molecule has 3 N–H and O–H groups in total. The molecule has 0 bridgehead atoms. The van der Waals surface area contributed by atoms with Crippen LogP contribution in [0, 0.1) is 0 Å². The van der Waals surface area contributed by atoms with Gasteiger partial charge in [-0.2, -0.15) is 0 Å². The van der Waals surface area contributed by atoms with E-state index in [1.54, 1.807) is 36.4 Å². The van der Waals surface area contributed by atoms with Gasteiger partial charge in [0.05, 0.1) is 6.61 Å². The first-order chi connectivity index (χ1) is 18.8. The summed E-state index contributed by atoms with van der Waals surface area (Å²) in [5, 5.41) is 20.9. The lowest BCUT2D eigenvalue weighted by molar-refractivity contribution is -0.148. The number of amides is 1. The standard InChI is InChI=1S/C30H39NO8/c1-2-3-20-38-30(37)26(21-23-10-15-24(32)16-11-23)31-27(33)19-14-22-12-17-25(18-13-22)39-29(36)9-7-5-4-6-8-28(34)35/h10-13,15-18,26,32H,2-9,14,19-21H2,1H3,(H,31,33)(H,34,35)/t26-/m0/s1. The zero-order chi connectivity index (χ0) is 28.5. The molecule has 0 aliphatic heterocycles. The van der Waals surface area contributed by atoms with E-state index in [1.807, 2.05) is 6.92 Å². The van der Waals surface area contributed by atoms with Gasteiger partial charge in [0.15, 0.2) is 0 Å². The van der Waals surface area contributed by atoms with Crippen molar-refractivity contribution in [1.82, 2.24) is 5.32 Å². The zero-order valence-electron chi connectivity index (χ0n) is 22.5. The van der Waals surface area contributed by atoms with Crippen molar-refractivity contribution < 1.29 is 38.9 Å². The number of phenols is 1. The van der Waals surface area contributed by atoms with Gasteiger partial charge in [0.25, 0.3) is 0 Å². The van der Waals surface area contributed by atoms with Gasteiger partial charge in [-0.1, -0.05) is 50.5 Å². The summed E-state index contributed by atoms with van der Waals surface area (Å²) < 4.78 is 10.7. The minimum absolute atomic E-state index is 0.121. The average molecular weight is 542 g/mol. The van der Waals surface area contributed by atoms with Crippen LogP contribution < -0.4 is 10.1 Å². The SMILES string of the molecule is CCCCOC(=O)[C@H](Cc1ccc(O)cc1)NC(=O)CCc1ccc(OC(=O)CCCCCCC(=O)O)cc1. The largest absolute Gasteiger partial charge is 0.508 e. The van der Waals surface area contributed by atoms with Crippen LogP contribution in [0.15, 0.2) is 48.5 Å². The smallest absolute Gasteiger partial charge is 0.328 e. The molecule has 1 amide bonds. The summed E-state index contributed by atoms with van der Waals surface area (Å²) in [4.78, 5) is 47.8. The second-order valence-electron chi connectivity index (χ2n) is 9.44. The van der Waals surface area contributed by atoms with Crippen LogP contribution in [0.1, 0.15) is 75.8 Å². The first-order valence-electron chi connectivity index (χ1n) is 13.5. The fourth-order valence-corrected chi connectivity index (χ4v) is 3.81. The number of esters is 2. The van der Waals surface area contributed by atoms with Gasteiger partial charge in [0, 0.05) is 25.7 Å². The van der Waals surface area contributed by atoms with Gasteiger partial charge in [-0.05, 0) is 61.1 Å². The first kappa shape index (κ1) is 31.3. The average Bonchev–Trinajstić information content (AvgIpc) is 2.91. The number of carbonyl (C=O) groups excluding carboxylic acids is 3. The molecule has 0 aromatic heterocycles. The van der Waals surface area contributed by atoms with Gasteiger partial charge in [-0.25, -0.2) is 4.79 Å². The molecule has 2 rings (SSSR count). The lowest BCUT2D eigenvalue weighted by atomic mass is 10.0. The molecule has 0 aliphatic rings. The maximum absolute atomic E-state index is 12.7. The van der Waals surface area contributed by atoms with E-state index in [1.165, 1.54) is 12.1 Å². The number of ether oxygens (including phenoxy) is 2. The number of carbonyl (C=O) groups is 4. The number of phenolic OH excluding ortho intramolecular Hbond substituents is 1. The van der Waals surface area contributed by atoms with Gasteiger partial charge in [-0.15, -0.1) is 0 Å². The van der Waals surface area contributed by atoms with Crippen molar-refractivity contribution in [2.45, 2.75) is 83.6 Å². The highest BCUT2D eigenvalue weighted by Crippen LogP contribution is 2.16. The van der Waals surface area contributed by atoms with Crippen LogP contribution in [-0.2, 0) is 36.8 Å². The monoisotopic (exact) mass is 541 g/mol. The molecule has 212 valence electrons. The van der Waals surface area contributed by atoms with E-state index < -0.39 is 18.0 Å². The first-order valence-corrected chi connectivity index (χ1v) is 13.5. The minimum Gasteiger partial charge on any atom is -0.508 e. The van der Waals surface area contributed by atoms with Gasteiger partial charge in [-0.3, -0.25) is 14.4 Å². The van der Waals surface area contributed by atoms with E-state index in [-0.39, 0.29) is 43.3 Å². The molecule has 9 nitrogen and oxygen atoms in total. The quantitative estimate of drug-likeness (QED) is 0.140. The molecule has 0 heterocycles. The molecule has 0 radical (unpaired) electrons. The van der Waals surface area contributed by atoms with Crippen LogP contribution in [0.2, 0.25) is 0 Å². The van der Waals surface area contributed by atoms with Crippen LogP contribution in [0.5, 0.6) is 11.5 Å². The Labute approximate surface area is 229 Å². The molecule has 9 heteroatoms. The van der Waals surface area contributed by atoms with E-state index in [2.05, 4.69) is 5.32 Å². The number of hydrogen-bond acceptors (Lipinski definition) is 7. The normalized spacial score (nSPS) is 11.4. The van der Waals surface area contributed by atoms with Crippen LogP contribution in [0.25, 0.3) is 0 Å². The van der Waals surface area contributed by atoms with Crippen molar-refractivity contribution >= 4 is 23.8 Å². The Balaban J connectivity index is 1.79. The third kappa shape index (κ3) is 13.5. The topological polar surface area (TPSA) is 139 Å². The second kappa shape index (κ2) is 17.6. The maximum atomic E-state index is 12.7. The number of unbranched alkanes of at least 4 members (excludes halogenated alkanes) is 4. The Kier molecular flexibility index (Phi) is 14.1. The summed E-state index contributed by atoms with van der Waals surface area (Å²) in [7, 11) is 0. The second-order valence-corrected chi connectivity index (χ2v) is 9.44. The number of nitrogens with one attached hydrogen (secondary N) is 1. The molecule has 39 heavy (non-hydrogen) atoms. The van der Waals surface area contributed by atoms with Crippen molar-refractivity contribution in [1.29, 1.82) is 0 Å². The Morgan fingerprint density at radius 2 is 1.46 bits per heavy atom. The van der Waals surface area contributed by atoms with Crippen molar-refractivity contribution in [2.24, 2.45) is 0 Å². The number of aromatic hydroxyl groups is 1. The summed E-state index contributed by atoms with van der Waals surface area (Å²) in [5.41, 5.74) is 1.66. The van der Waals surface area contributed by atoms with Gasteiger partial charge in [0.2, 0.25) is 5.91 Å². The molecule has 0 unspecified atom stereocenters. The fraction of sp³-hybridized carbons (Fsp3) is 0.467. The molecule has 0 saturated heterocycles. The van der Waals surface area contributed by atoms with Crippen LogP contribution in [-0.4, -0.2) is 46.7 Å². The highest BCUT2D eigenvalue weighted by Gasteiger charge is 2.23. The van der Waals surface area contributed by atoms with Crippen LogP contribution in [0.3, 0.4) is 0 Å². The Morgan fingerprint density at radius 3 is 2.10 bits per heavy atom. The van der Waals surface area contributed by atoms with E-state index in [0.29, 0.717) is 31.6 Å². The lowest BCUT2D eigenvalue weighted by Crippen LogP contribution is -2.43. The summed E-state index contributed by atoms with van der Waals surface area (Å²) in [6, 6.07) is 12.6. The Morgan fingerprint density at radius 1 is 0.821 bits per heavy atom. The molecule has 0 spiro atoms. The highest BCUT2D eigenvalue weighted by molar-refractivity contribution is 5.84. The minimum atomic E-state index is -0.835. The third-order valence-corrected chi connectivity index (χ3v) is 6.06. The highest BCUT2D eigenvalue weighted by atomic mass is 16.5. The van der Waals surface area contributed by atoms with E-state index in [0.717, 1.165) is 36.8 Å². The third-order valence-electron chi connectivity index (χ3n) is 6.06. The Hall–Kier alpha value is -3.88. The number of hydrogen-bond donors (Lipinski definition) is 3. The fourth-order valence-electron chi connectivity index (χ4n) is 3.81. The summed E-state index contributed by atoms with van der Waals surface area (Å²) in [6.45, 7) is 2.29. The number of carboxylic acid groups (broad SMARTS) is 1. The number of aliphatic carboxylic acids is 1. The maximum Gasteiger partial charge on any atom is 0.328 e. The molecule has 2 aromatic rings. The number of rotatable bonds is 18. The van der Waals surface area contributed by atoms with Crippen LogP contribution >= 0.6 is 0 Å². The zero-order valence-corrected chi connectivity index (χ0v) is 22.5. The van der Waals surface area contributed by atoms with E-state index in [9.17, 15) is 24.3 Å². The van der Waals surface area contributed by atoms with Crippen molar-refractivity contribution in [2.75, 3.05) is 6.61 Å². The van der Waals surface area contributed by atoms with E-state index in [4.69, 9.17) is 14.6 Å². The number of benzene rings is 2. The van der Waals surface area contributed by atoms with Crippen LogP contribution in [0.4, 0.5) is 0 Å². The predicted octanol–water partition coefficient (Wildman–Crippen LogP) is 4.73. The molecule has 0 aliphatic carbocycles. The Bertz CT molecular complexity index is 1050. The van der Waals surface area contributed by atoms with E-state index >= 15 is 0 Å². The van der Waals surface area contributed by atoms with Crippen molar-refractivity contribution in [3.63, 3.8) is 0 Å². The van der Waals surface area contributed by atoms with Crippen molar-refractivity contribution in [3.05, 3.63) is 59.7 Å². The summed E-state index contributed by atoms with van der Waals surface area (Å²) in [6.07, 6.45) is 5.67. The number of aryl methyl sites for hydroxylation is 1. The molecule has 0 fully saturated rings. The molecular formula is C30H39NO8. The lowest BCUT2D eigenvalue weighted by Gasteiger charge is -2.18. The van der Waals surface area contributed by atoms with Gasteiger partial charge < -0.3 is 25.0 Å². The molecular weight excluding hydrogens is 502 g/mol. The van der Waals surface area contributed by atoms with Crippen molar-refractivity contribution in [3.8, 4) is 11.5 Å². The predicted molar refractivity (Wildman–Crippen MR) is 145 cm³/mol. The number of carboxylic acids is 1.